The number of carbonyl (C=O) groups is 3. The minimum absolute atomic E-state index is 0.213. The van der Waals surface area contributed by atoms with Crippen molar-refractivity contribution in [2.45, 2.75) is 65.3 Å². The molecule has 2 aromatic carbocycles. The molecule has 0 spiro atoms. The van der Waals surface area contributed by atoms with Crippen LogP contribution in [0.1, 0.15) is 57.6 Å². The molecule has 4 rings (SSSR count). The van der Waals surface area contributed by atoms with E-state index in [1.807, 2.05) is 81.4 Å². The zero-order valence-electron chi connectivity index (χ0n) is 25.8. The first kappa shape index (κ1) is 33.7. The molecule has 43 heavy (non-hydrogen) atoms. The molecule has 2 aromatic rings. The van der Waals surface area contributed by atoms with E-state index in [-0.39, 0.29) is 24.7 Å². The first-order chi connectivity index (χ1) is 20.7. The van der Waals surface area contributed by atoms with Crippen LogP contribution in [-0.2, 0) is 27.4 Å². The second kappa shape index (κ2) is 18.0. The molecule has 236 valence electrons. The van der Waals surface area contributed by atoms with E-state index in [2.05, 4.69) is 16.0 Å². The number of nitrogens with one attached hydrogen (secondary N) is 3. The number of piperidine rings is 2. The van der Waals surface area contributed by atoms with Crippen molar-refractivity contribution in [3.05, 3.63) is 71.8 Å². The molecule has 3 N–H and O–H groups in total. The molecule has 0 unspecified atom stereocenters. The topological polar surface area (TPSA) is 118 Å². The average Bonchev–Trinajstić information content (AvgIpc) is 3.02. The zero-order valence-corrected chi connectivity index (χ0v) is 25.8. The van der Waals surface area contributed by atoms with E-state index < -0.39 is 11.7 Å². The van der Waals surface area contributed by atoms with Crippen LogP contribution in [0.25, 0.3) is 0 Å². The molecule has 2 atom stereocenters. The Kier molecular flexibility index (Phi) is 14.1. The van der Waals surface area contributed by atoms with Gasteiger partial charge in [-0.1, -0.05) is 60.7 Å². The molecule has 2 aliphatic rings. The number of nitrogens with zero attached hydrogens (tertiary/aromatic N) is 1. The Bertz CT molecular complexity index is 1100. The summed E-state index contributed by atoms with van der Waals surface area (Å²) >= 11 is 0. The lowest BCUT2D eigenvalue weighted by Crippen LogP contribution is -2.45. The van der Waals surface area contributed by atoms with Crippen molar-refractivity contribution in [3.63, 3.8) is 0 Å². The van der Waals surface area contributed by atoms with Gasteiger partial charge >= 0.3 is 18.3 Å². The Morgan fingerprint density at radius 2 is 1.35 bits per heavy atom. The number of hydrogen-bond acceptors (Lipinski definition) is 7. The lowest BCUT2D eigenvalue weighted by atomic mass is 9.98. The van der Waals surface area contributed by atoms with Crippen LogP contribution < -0.4 is 16.0 Å². The van der Waals surface area contributed by atoms with Crippen LogP contribution >= 0.6 is 0 Å². The van der Waals surface area contributed by atoms with Crippen LogP contribution in [0.2, 0.25) is 0 Å². The van der Waals surface area contributed by atoms with Crippen LogP contribution in [0.3, 0.4) is 0 Å². The van der Waals surface area contributed by atoms with Crippen LogP contribution in [0.5, 0.6) is 0 Å². The monoisotopic (exact) mass is 596 g/mol. The largest absolute Gasteiger partial charge is 0.445 e. The minimum atomic E-state index is -0.497. The first-order valence-electron chi connectivity index (χ1n) is 15.3. The normalized spacial score (nSPS) is 18.3. The highest BCUT2D eigenvalue weighted by Crippen LogP contribution is 2.19. The number of alkyl carbamates (subject to hydrolysis) is 2. The Balaban J connectivity index is 0.000000248. The van der Waals surface area contributed by atoms with Crippen molar-refractivity contribution in [2.75, 3.05) is 39.3 Å². The zero-order chi connectivity index (χ0) is 30.9. The summed E-state index contributed by atoms with van der Waals surface area (Å²) in [6.07, 6.45) is 3.19. The molecule has 0 bridgehead atoms. The van der Waals surface area contributed by atoms with Gasteiger partial charge in [0.05, 0.1) is 0 Å². The number of benzene rings is 2. The SMILES string of the molecule is CC(C)(C)OC(=O)N1CCC[C@@H](CNC(=O)OCc2ccccc2)C1.O=C(NC[C@@H]1CCCNC1)OCc1ccccc1. The highest BCUT2D eigenvalue weighted by Gasteiger charge is 2.27. The third-order valence-electron chi connectivity index (χ3n) is 7.07. The Morgan fingerprint density at radius 3 is 1.86 bits per heavy atom. The Labute approximate surface area is 255 Å². The van der Waals surface area contributed by atoms with E-state index in [0.717, 1.165) is 37.1 Å². The van der Waals surface area contributed by atoms with Gasteiger partial charge in [-0.25, -0.2) is 14.4 Å². The molecule has 2 fully saturated rings. The summed E-state index contributed by atoms with van der Waals surface area (Å²) < 4.78 is 15.8. The molecule has 10 nitrogen and oxygen atoms in total. The highest BCUT2D eigenvalue weighted by atomic mass is 16.6. The number of hydrogen-bond donors (Lipinski definition) is 3. The van der Waals surface area contributed by atoms with E-state index in [0.29, 0.717) is 38.7 Å². The number of amides is 3. The third-order valence-corrected chi connectivity index (χ3v) is 7.07. The predicted molar refractivity (Wildman–Crippen MR) is 165 cm³/mol. The second-order valence-electron chi connectivity index (χ2n) is 12.0. The van der Waals surface area contributed by atoms with Gasteiger partial charge in [0.25, 0.3) is 0 Å². The highest BCUT2D eigenvalue weighted by molar-refractivity contribution is 5.68. The van der Waals surface area contributed by atoms with E-state index >= 15 is 0 Å². The Hall–Kier alpha value is -3.79. The maximum Gasteiger partial charge on any atom is 0.410 e. The van der Waals surface area contributed by atoms with Gasteiger partial charge < -0.3 is 35.1 Å². The van der Waals surface area contributed by atoms with Crippen LogP contribution in [0, 0.1) is 11.8 Å². The molecule has 0 radical (unpaired) electrons. The Morgan fingerprint density at radius 1 is 0.814 bits per heavy atom. The quantitative estimate of drug-likeness (QED) is 0.346. The summed E-state index contributed by atoms with van der Waals surface area (Å²) in [6.45, 7) is 10.7. The van der Waals surface area contributed by atoms with Gasteiger partial charge in [0.2, 0.25) is 0 Å². The fourth-order valence-electron chi connectivity index (χ4n) is 4.83. The first-order valence-corrected chi connectivity index (χ1v) is 15.3. The lowest BCUT2D eigenvalue weighted by Gasteiger charge is -2.34. The molecule has 0 aromatic heterocycles. The van der Waals surface area contributed by atoms with Crippen molar-refractivity contribution in [1.29, 1.82) is 0 Å². The molecular formula is C33H48N4O6. The summed E-state index contributed by atoms with van der Waals surface area (Å²) in [5, 5.41) is 8.94. The van der Waals surface area contributed by atoms with Gasteiger partial charge in [-0.15, -0.1) is 0 Å². The maximum atomic E-state index is 12.1. The van der Waals surface area contributed by atoms with E-state index in [9.17, 15) is 14.4 Å². The van der Waals surface area contributed by atoms with Crippen molar-refractivity contribution in [1.82, 2.24) is 20.9 Å². The van der Waals surface area contributed by atoms with Crippen molar-refractivity contribution >= 4 is 18.3 Å². The lowest BCUT2D eigenvalue weighted by molar-refractivity contribution is 0.0166. The molecule has 0 aliphatic carbocycles. The second-order valence-corrected chi connectivity index (χ2v) is 12.0. The molecule has 3 amide bonds. The van der Waals surface area contributed by atoms with Gasteiger partial charge in [-0.2, -0.15) is 0 Å². The smallest absolute Gasteiger partial charge is 0.410 e. The van der Waals surface area contributed by atoms with E-state index in [4.69, 9.17) is 14.2 Å². The summed E-state index contributed by atoms with van der Waals surface area (Å²) in [5.41, 5.74) is 1.46. The van der Waals surface area contributed by atoms with Gasteiger partial charge in [-0.05, 0) is 82.5 Å². The molecule has 2 heterocycles. The van der Waals surface area contributed by atoms with Crippen LogP contribution in [0.15, 0.2) is 60.7 Å². The molecule has 0 saturated carbocycles. The molecule has 2 saturated heterocycles. The van der Waals surface area contributed by atoms with Crippen molar-refractivity contribution in [2.24, 2.45) is 11.8 Å². The van der Waals surface area contributed by atoms with Crippen LogP contribution in [0.4, 0.5) is 14.4 Å². The van der Waals surface area contributed by atoms with Gasteiger partial charge in [0, 0.05) is 26.2 Å². The van der Waals surface area contributed by atoms with Crippen molar-refractivity contribution < 1.29 is 28.6 Å². The summed E-state index contributed by atoms with van der Waals surface area (Å²) in [7, 11) is 0. The van der Waals surface area contributed by atoms with E-state index in [1.54, 1.807) is 4.90 Å². The third kappa shape index (κ3) is 14.3. The summed E-state index contributed by atoms with van der Waals surface area (Å²) in [4.78, 5) is 37.2. The van der Waals surface area contributed by atoms with Gasteiger partial charge in [0.15, 0.2) is 0 Å². The minimum Gasteiger partial charge on any atom is -0.445 e. The molecule has 2 aliphatic heterocycles. The predicted octanol–water partition coefficient (Wildman–Crippen LogP) is 5.47. The fourth-order valence-corrected chi connectivity index (χ4v) is 4.83. The van der Waals surface area contributed by atoms with Gasteiger partial charge in [0.1, 0.15) is 18.8 Å². The number of carbonyl (C=O) groups excluding carboxylic acids is 3. The number of ether oxygens (including phenoxy) is 3. The number of likely N-dealkylation sites (tertiary alicyclic amines) is 1. The van der Waals surface area contributed by atoms with Crippen LogP contribution in [-0.4, -0.2) is 68.0 Å². The fraction of sp³-hybridized carbons (Fsp3) is 0.545. The molecular weight excluding hydrogens is 548 g/mol. The van der Waals surface area contributed by atoms with Crippen molar-refractivity contribution in [3.8, 4) is 0 Å². The summed E-state index contributed by atoms with van der Waals surface area (Å²) in [5.74, 6) is 0.744. The van der Waals surface area contributed by atoms with Gasteiger partial charge in [-0.3, -0.25) is 0 Å². The summed E-state index contributed by atoms with van der Waals surface area (Å²) in [6, 6.07) is 19.3. The maximum absolute atomic E-state index is 12.1. The average molecular weight is 597 g/mol. The number of rotatable bonds is 8. The standard InChI is InChI=1S/C19H28N2O4.C14H20N2O2/c1-19(2,3)25-18(23)21-11-7-10-16(13-21)12-20-17(22)24-14-15-8-5-4-6-9-15;17-14(16-10-13-7-4-8-15-9-13)18-11-12-5-2-1-3-6-12/h4-6,8-9,16H,7,10-14H2,1-3H3,(H,20,22);1-3,5-6,13,15H,4,7-11H2,(H,16,17)/t16-;13-/m01/s1. The molecule has 10 heteroatoms. The van der Waals surface area contributed by atoms with E-state index in [1.165, 1.54) is 12.8 Å².